The quantitative estimate of drug-likeness (QED) is 0.460. The van der Waals surface area contributed by atoms with Gasteiger partial charge in [-0.15, -0.1) is 11.3 Å². The maximum Gasteiger partial charge on any atom is 0.197 e. The molecule has 3 nitrogen and oxygen atoms in total. The van der Waals surface area contributed by atoms with Crippen molar-refractivity contribution in [1.29, 1.82) is 0 Å². The van der Waals surface area contributed by atoms with E-state index in [1.807, 2.05) is 18.5 Å². The third-order valence-electron chi connectivity index (χ3n) is 2.05. The Morgan fingerprint density at radius 3 is 2.73 bits per heavy atom. The molecule has 0 saturated heterocycles. The molecular weight excluding hydrogens is 342 g/mol. The smallest absolute Gasteiger partial charge is 0.197 e. The van der Waals surface area contributed by atoms with Gasteiger partial charge in [-0.1, -0.05) is 0 Å². The van der Waals surface area contributed by atoms with Crippen molar-refractivity contribution in [3.05, 3.63) is 27.8 Å². The maximum absolute atomic E-state index is 4.32. The number of rotatable bonds is 0. The SMILES string of the molecule is Brc1cc2sc3nc(Br)ncc3c2cn1. The van der Waals surface area contributed by atoms with Gasteiger partial charge in [-0.25, -0.2) is 15.0 Å². The minimum Gasteiger partial charge on any atom is -0.249 e. The molecule has 3 heterocycles. The molecule has 0 atom stereocenters. The molecule has 0 unspecified atom stereocenters. The van der Waals surface area contributed by atoms with Crippen LogP contribution in [0.3, 0.4) is 0 Å². The zero-order valence-corrected chi connectivity index (χ0v) is 11.2. The monoisotopic (exact) mass is 343 g/mol. The summed E-state index contributed by atoms with van der Waals surface area (Å²) in [6.07, 6.45) is 3.66. The minimum atomic E-state index is 0.619. The van der Waals surface area contributed by atoms with Gasteiger partial charge in [-0.3, -0.25) is 0 Å². The summed E-state index contributed by atoms with van der Waals surface area (Å²) in [4.78, 5) is 13.6. The van der Waals surface area contributed by atoms with E-state index >= 15 is 0 Å². The molecule has 0 aliphatic rings. The van der Waals surface area contributed by atoms with Crippen molar-refractivity contribution in [3.63, 3.8) is 0 Å². The van der Waals surface area contributed by atoms with E-state index in [4.69, 9.17) is 0 Å². The first-order valence-electron chi connectivity index (χ1n) is 4.10. The Balaban J connectivity index is 2.51. The van der Waals surface area contributed by atoms with Gasteiger partial charge in [-0.05, 0) is 37.9 Å². The number of fused-ring (bicyclic) bond motifs is 3. The Bertz CT molecular complexity index is 609. The topological polar surface area (TPSA) is 38.7 Å². The number of hydrogen-bond donors (Lipinski definition) is 0. The van der Waals surface area contributed by atoms with Gasteiger partial charge in [0.05, 0.1) is 0 Å². The van der Waals surface area contributed by atoms with E-state index in [0.29, 0.717) is 4.73 Å². The highest BCUT2D eigenvalue weighted by molar-refractivity contribution is 9.10. The molecular formula is C9H3Br2N3S. The molecule has 3 rings (SSSR count). The number of pyridine rings is 1. The van der Waals surface area contributed by atoms with Crippen molar-refractivity contribution in [1.82, 2.24) is 15.0 Å². The van der Waals surface area contributed by atoms with Crippen LogP contribution in [0.2, 0.25) is 0 Å². The summed E-state index contributed by atoms with van der Waals surface area (Å²) in [5, 5.41) is 2.16. The predicted octanol–water partition coefficient (Wildman–Crippen LogP) is 3.76. The van der Waals surface area contributed by atoms with Crippen LogP contribution in [-0.4, -0.2) is 15.0 Å². The van der Waals surface area contributed by atoms with Crippen LogP contribution in [0.1, 0.15) is 0 Å². The van der Waals surface area contributed by atoms with E-state index in [9.17, 15) is 0 Å². The van der Waals surface area contributed by atoms with E-state index in [-0.39, 0.29) is 0 Å². The molecule has 3 aromatic rings. The molecule has 0 saturated carbocycles. The molecule has 0 bridgehead atoms. The second-order valence-corrected chi connectivity index (χ2v) is 5.52. The molecule has 0 amide bonds. The van der Waals surface area contributed by atoms with Crippen molar-refractivity contribution < 1.29 is 0 Å². The van der Waals surface area contributed by atoms with Crippen molar-refractivity contribution in [2.24, 2.45) is 0 Å². The lowest BCUT2D eigenvalue weighted by molar-refractivity contribution is 1.17. The molecule has 0 aliphatic heterocycles. The highest BCUT2D eigenvalue weighted by Gasteiger charge is 2.07. The van der Waals surface area contributed by atoms with Crippen molar-refractivity contribution >= 4 is 63.5 Å². The highest BCUT2D eigenvalue weighted by atomic mass is 79.9. The van der Waals surface area contributed by atoms with Crippen molar-refractivity contribution in [2.45, 2.75) is 0 Å². The van der Waals surface area contributed by atoms with Crippen LogP contribution in [0.5, 0.6) is 0 Å². The second-order valence-electron chi connectivity index (χ2n) is 2.96. The van der Waals surface area contributed by atoms with E-state index in [2.05, 4.69) is 46.8 Å². The molecule has 0 radical (unpaired) electrons. The molecule has 0 aromatic carbocycles. The molecule has 0 aliphatic carbocycles. The number of halogens is 2. The van der Waals surface area contributed by atoms with Crippen LogP contribution < -0.4 is 0 Å². The van der Waals surface area contributed by atoms with Gasteiger partial charge in [0.25, 0.3) is 0 Å². The molecule has 6 heteroatoms. The lowest BCUT2D eigenvalue weighted by atomic mass is 10.3. The Labute approximate surface area is 106 Å². The fraction of sp³-hybridized carbons (Fsp3) is 0. The average molecular weight is 345 g/mol. The summed E-state index contributed by atoms with van der Waals surface area (Å²) in [5.41, 5.74) is 0. The van der Waals surface area contributed by atoms with Crippen molar-refractivity contribution in [3.8, 4) is 0 Å². The third kappa shape index (κ3) is 1.56. The van der Waals surface area contributed by atoms with Crippen molar-refractivity contribution in [2.75, 3.05) is 0 Å². The fourth-order valence-corrected chi connectivity index (χ4v) is 3.35. The number of aromatic nitrogens is 3. The zero-order chi connectivity index (χ0) is 10.4. The summed E-state index contributed by atoms with van der Waals surface area (Å²) >= 11 is 8.26. The standard InChI is InChI=1S/C9H3Br2N3S/c10-7-1-6-4(2-12-7)5-3-13-9(11)14-8(5)15-6/h1-3H. The highest BCUT2D eigenvalue weighted by Crippen LogP contribution is 2.33. The second kappa shape index (κ2) is 3.47. The van der Waals surface area contributed by atoms with Crippen LogP contribution in [0.25, 0.3) is 20.3 Å². The predicted molar refractivity (Wildman–Crippen MR) is 68.1 cm³/mol. The van der Waals surface area contributed by atoms with Gasteiger partial charge in [0.1, 0.15) is 9.43 Å². The summed E-state index contributed by atoms with van der Waals surface area (Å²) in [7, 11) is 0. The lowest BCUT2D eigenvalue weighted by Crippen LogP contribution is -1.79. The zero-order valence-electron chi connectivity index (χ0n) is 7.24. The Morgan fingerprint density at radius 1 is 1.07 bits per heavy atom. The van der Waals surface area contributed by atoms with Crippen LogP contribution >= 0.6 is 43.2 Å². The summed E-state index contributed by atoms with van der Waals surface area (Å²) < 4.78 is 2.63. The normalized spacial score (nSPS) is 11.3. The average Bonchev–Trinajstić information content (AvgIpc) is 2.53. The van der Waals surface area contributed by atoms with Gasteiger partial charge in [0.15, 0.2) is 4.73 Å². The summed E-state index contributed by atoms with van der Waals surface area (Å²) in [6.45, 7) is 0. The fourth-order valence-electron chi connectivity index (χ4n) is 1.41. The van der Waals surface area contributed by atoms with Crippen LogP contribution in [0, 0.1) is 0 Å². The van der Waals surface area contributed by atoms with Gasteiger partial charge in [-0.2, -0.15) is 0 Å². The number of hydrogen-bond acceptors (Lipinski definition) is 4. The first kappa shape index (κ1) is 9.62. The molecule has 74 valence electrons. The lowest BCUT2D eigenvalue weighted by Gasteiger charge is -1.91. The van der Waals surface area contributed by atoms with Crippen LogP contribution in [-0.2, 0) is 0 Å². The molecule has 0 fully saturated rings. The molecule has 15 heavy (non-hydrogen) atoms. The third-order valence-corrected chi connectivity index (χ3v) is 3.93. The molecule has 0 N–H and O–H groups in total. The first-order valence-corrected chi connectivity index (χ1v) is 6.50. The van der Waals surface area contributed by atoms with E-state index in [0.717, 1.165) is 20.2 Å². The Kier molecular flexibility index (Phi) is 2.22. The first-order chi connectivity index (χ1) is 7.24. The Hall–Kier alpha value is -0.590. The van der Waals surface area contributed by atoms with Crippen LogP contribution in [0.15, 0.2) is 27.8 Å². The number of thiophene rings is 1. The van der Waals surface area contributed by atoms with E-state index in [1.54, 1.807) is 11.3 Å². The summed E-state index contributed by atoms with van der Waals surface area (Å²) in [6, 6.07) is 2.00. The van der Waals surface area contributed by atoms with Gasteiger partial charge in [0, 0.05) is 27.9 Å². The minimum absolute atomic E-state index is 0.619. The van der Waals surface area contributed by atoms with Gasteiger partial charge in [0.2, 0.25) is 0 Å². The Morgan fingerprint density at radius 2 is 1.87 bits per heavy atom. The summed E-state index contributed by atoms with van der Waals surface area (Å²) in [5.74, 6) is 0. The van der Waals surface area contributed by atoms with Gasteiger partial charge < -0.3 is 0 Å². The maximum atomic E-state index is 4.32. The largest absolute Gasteiger partial charge is 0.249 e. The molecule has 3 aromatic heterocycles. The molecule has 0 spiro atoms. The van der Waals surface area contributed by atoms with E-state index < -0.39 is 0 Å². The van der Waals surface area contributed by atoms with Crippen LogP contribution in [0.4, 0.5) is 0 Å². The van der Waals surface area contributed by atoms with Gasteiger partial charge >= 0.3 is 0 Å². The number of nitrogens with zero attached hydrogens (tertiary/aromatic N) is 3. The van der Waals surface area contributed by atoms with E-state index in [1.165, 1.54) is 4.70 Å².